The van der Waals surface area contributed by atoms with E-state index in [0.29, 0.717) is 0 Å². The van der Waals surface area contributed by atoms with Gasteiger partial charge in [-0.1, -0.05) is 22.9 Å². The van der Waals surface area contributed by atoms with Crippen molar-refractivity contribution in [1.82, 2.24) is 9.88 Å². The molecule has 0 radical (unpaired) electrons. The number of thiazole rings is 1. The van der Waals surface area contributed by atoms with Crippen LogP contribution < -0.4 is 5.32 Å². The van der Waals surface area contributed by atoms with Crippen LogP contribution >= 0.6 is 22.9 Å². The van der Waals surface area contributed by atoms with E-state index in [-0.39, 0.29) is 0 Å². The van der Waals surface area contributed by atoms with Crippen LogP contribution in [0, 0.1) is 5.92 Å². The van der Waals surface area contributed by atoms with Gasteiger partial charge in [-0.2, -0.15) is 0 Å². The summed E-state index contributed by atoms with van der Waals surface area (Å²) in [5, 5.41) is 5.24. The standard InChI is InChI=1S/C14H18ClN3S/c1-18-6-4-10(5-7-18)9-16-14-17-12-8-11(15)2-3-13(12)19-14/h2-3,8,10H,4-7,9H2,1H3,(H,16,17). The highest BCUT2D eigenvalue weighted by Crippen LogP contribution is 2.28. The summed E-state index contributed by atoms with van der Waals surface area (Å²) in [5.41, 5.74) is 0.989. The SMILES string of the molecule is CN1CCC(CNc2nc3cc(Cl)ccc3s2)CC1. The first-order chi connectivity index (χ1) is 9.20. The van der Waals surface area contributed by atoms with Crippen LogP contribution in [0.1, 0.15) is 12.8 Å². The number of hydrogen-bond donors (Lipinski definition) is 1. The van der Waals surface area contributed by atoms with Crippen LogP contribution in [0.2, 0.25) is 5.02 Å². The maximum Gasteiger partial charge on any atom is 0.183 e. The molecule has 102 valence electrons. The zero-order valence-electron chi connectivity index (χ0n) is 11.0. The number of hydrogen-bond acceptors (Lipinski definition) is 4. The van der Waals surface area contributed by atoms with Crippen LogP contribution in [-0.2, 0) is 0 Å². The molecule has 0 atom stereocenters. The van der Waals surface area contributed by atoms with Crippen LogP contribution in [0.5, 0.6) is 0 Å². The van der Waals surface area contributed by atoms with E-state index in [0.717, 1.165) is 28.1 Å². The third-order valence-corrected chi connectivity index (χ3v) is 4.96. The highest BCUT2D eigenvalue weighted by molar-refractivity contribution is 7.22. The van der Waals surface area contributed by atoms with Gasteiger partial charge in [-0.3, -0.25) is 0 Å². The molecule has 0 spiro atoms. The smallest absolute Gasteiger partial charge is 0.183 e. The van der Waals surface area contributed by atoms with Gasteiger partial charge in [-0.25, -0.2) is 4.98 Å². The van der Waals surface area contributed by atoms with Crippen molar-refractivity contribution in [1.29, 1.82) is 0 Å². The first-order valence-electron chi connectivity index (χ1n) is 6.69. The summed E-state index contributed by atoms with van der Waals surface area (Å²) >= 11 is 7.68. The molecule has 3 nitrogen and oxygen atoms in total. The van der Waals surface area contributed by atoms with Gasteiger partial charge in [-0.15, -0.1) is 0 Å². The zero-order chi connectivity index (χ0) is 13.2. The van der Waals surface area contributed by atoms with Crippen molar-refractivity contribution < 1.29 is 0 Å². The third kappa shape index (κ3) is 3.19. The van der Waals surface area contributed by atoms with E-state index in [2.05, 4.69) is 22.2 Å². The number of fused-ring (bicyclic) bond motifs is 1. The minimum Gasteiger partial charge on any atom is -0.361 e. The lowest BCUT2D eigenvalue weighted by Crippen LogP contribution is -2.32. The van der Waals surface area contributed by atoms with E-state index in [1.54, 1.807) is 11.3 Å². The van der Waals surface area contributed by atoms with E-state index in [1.165, 1.54) is 30.6 Å². The minimum absolute atomic E-state index is 0.750. The summed E-state index contributed by atoms with van der Waals surface area (Å²) in [4.78, 5) is 6.98. The van der Waals surface area contributed by atoms with Crippen LogP contribution in [0.15, 0.2) is 18.2 Å². The largest absolute Gasteiger partial charge is 0.361 e. The van der Waals surface area contributed by atoms with Gasteiger partial charge in [0.1, 0.15) is 0 Å². The number of halogens is 1. The Balaban J connectivity index is 1.62. The van der Waals surface area contributed by atoms with Crippen LogP contribution in [0.25, 0.3) is 10.2 Å². The van der Waals surface area contributed by atoms with Gasteiger partial charge in [0.2, 0.25) is 0 Å². The van der Waals surface area contributed by atoms with Crippen molar-refractivity contribution in [2.45, 2.75) is 12.8 Å². The summed E-state index contributed by atoms with van der Waals surface area (Å²) in [6.45, 7) is 3.45. The number of aromatic nitrogens is 1. The van der Waals surface area contributed by atoms with Crippen molar-refractivity contribution in [2.75, 3.05) is 32.0 Å². The monoisotopic (exact) mass is 295 g/mol. The fourth-order valence-electron chi connectivity index (χ4n) is 2.47. The molecule has 5 heteroatoms. The highest BCUT2D eigenvalue weighted by Gasteiger charge is 2.16. The Bertz CT molecular complexity index is 561. The molecule has 1 aliphatic rings. The van der Waals surface area contributed by atoms with Crippen LogP contribution in [0.3, 0.4) is 0 Å². The summed E-state index contributed by atoms with van der Waals surface area (Å²) in [5.74, 6) is 0.770. The molecule has 2 heterocycles. The second-order valence-electron chi connectivity index (χ2n) is 5.26. The number of nitrogens with one attached hydrogen (secondary N) is 1. The predicted octanol–water partition coefficient (Wildman–Crippen LogP) is 3.70. The molecule has 1 N–H and O–H groups in total. The molecule has 1 fully saturated rings. The molecule has 19 heavy (non-hydrogen) atoms. The molecule has 2 aromatic rings. The Morgan fingerprint density at radius 2 is 2.21 bits per heavy atom. The van der Waals surface area contributed by atoms with Crippen molar-refractivity contribution >= 4 is 38.3 Å². The average Bonchev–Trinajstić information content (AvgIpc) is 2.80. The van der Waals surface area contributed by atoms with Gasteiger partial charge in [0, 0.05) is 11.6 Å². The number of anilines is 1. The van der Waals surface area contributed by atoms with Gasteiger partial charge in [0.05, 0.1) is 10.2 Å². The highest BCUT2D eigenvalue weighted by atomic mass is 35.5. The molecule has 0 unspecified atom stereocenters. The summed E-state index contributed by atoms with van der Waals surface area (Å²) in [6.07, 6.45) is 2.56. The number of benzene rings is 1. The Hall–Kier alpha value is -0.840. The molecule has 1 saturated heterocycles. The first kappa shape index (κ1) is 13.2. The average molecular weight is 296 g/mol. The minimum atomic E-state index is 0.750. The second-order valence-corrected chi connectivity index (χ2v) is 6.73. The van der Waals surface area contributed by atoms with E-state index >= 15 is 0 Å². The number of nitrogens with zero attached hydrogens (tertiary/aromatic N) is 2. The Kier molecular flexibility index (Phi) is 3.91. The molecule has 1 aromatic carbocycles. The van der Waals surface area contributed by atoms with Crippen LogP contribution in [-0.4, -0.2) is 36.6 Å². The zero-order valence-corrected chi connectivity index (χ0v) is 12.6. The lowest BCUT2D eigenvalue weighted by atomic mass is 9.97. The quantitative estimate of drug-likeness (QED) is 0.936. The van der Waals surface area contributed by atoms with Gasteiger partial charge < -0.3 is 10.2 Å². The number of likely N-dealkylation sites (tertiary alicyclic amines) is 1. The van der Waals surface area contributed by atoms with Crippen molar-refractivity contribution in [3.8, 4) is 0 Å². The predicted molar refractivity (Wildman–Crippen MR) is 83.3 cm³/mol. The normalized spacial score (nSPS) is 18.0. The lowest BCUT2D eigenvalue weighted by molar-refractivity contribution is 0.226. The van der Waals surface area contributed by atoms with E-state index < -0.39 is 0 Å². The molecule has 3 rings (SSSR count). The van der Waals surface area contributed by atoms with Crippen molar-refractivity contribution in [2.24, 2.45) is 5.92 Å². The number of rotatable bonds is 3. The fraction of sp³-hybridized carbons (Fsp3) is 0.500. The molecular weight excluding hydrogens is 278 g/mol. The van der Waals surface area contributed by atoms with Gasteiger partial charge in [0.25, 0.3) is 0 Å². The van der Waals surface area contributed by atoms with Gasteiger partial charge in [0.15, 0.2) is 5.13 Å². The maximum atomic E-state index is 5.98. The van der Waals surface area contributed by atoms with Gasteiger partial charge in [-0.05, 0) is 57.1 Å². The summed E-state index contributed by atoms with van der Waals surface area (Å²) in [6, 6.07) is 5.88. The molecule has 0 bridgehead atoms. The molecule has 1 aromatic heterocycles. The molecular formula is C14H18ClN3S. The molecule has 0 aliphatic carbocycles. The van der Waals surface area contributed by atoms with E-state index in [9.17, 15) is 0 Å². The Morgan fingerprint density at radius 1 is 1.42 bits per heavy atom. The lowest BCUT2D eigenvalue weighted by Gasteiger charge is -2.28. The number of piperidine rings is 1. The third-order valence-electron chi connectivity index (χ3n) is 3.73. The molecule has 0 saturated carbocycles. The van der Waals surface area contributed by atoms with E-state index in [4.69, 9.17) is 11.6 Å². The topological polar surface area (TPSA) is 28.2 Å². The fourth-order valence-corrected chi connectivity index (χ4v) is 3.49. The Morgan fingerprint density at radius 3 is 3.00 bits per heavy atom. The summed E-state index contributed by atoms with van der Waals surface area (Å²) in [7, 11) is 2.20. The Labute approximate surface area is 122 Å². The second kappa shape index (κ2) is 5.65. The van der Waals surface area contributed by atoms with Crippen molar-refractivity contribution in [3.05, 3.63) is 23.2 Å². The summed E-state index contributed by atoms with van der Waals surface area (Å²) < 4.78 is 1.19. The first-order valence-corrected chi connectivity index (χ1v) is 7.88. The van der Waals surface area contributed by atoms with E-state index in [1.807, 2.05) is 18.2 Å². The van der Waals surface area contributed by atoms with Gasteiger partial charge >= 0.3 is 0 Å². The van der Waals surface area contributed by atoms with Crippen LogP contribution in [0.4, 0.5) is 5.13 Å². The maximum absolute atomic E-state index is 5.98. The van der Waals surface area contributed by atoms with Crippen molar-refractivity contribution in [3.63, 3.8) is 0 Å². The molecule has 1 aliphatic heterocycles. The molecule has 0 amide bonds.